The number of carbonyl (C=O) groups excluding carboxylic acids is 1. The molecule has 0 aliphatic heterocycles. The normalized spacial score (nSPS) is 12.4. The molecule has 0 aromatic carbocycles. The minimum absolute atomic E-state index is 0.0140. The summed E-state index contributed by atoms with van der Waals surface area (Å²) >= 11 is 0. The number of hydrogen-bond acceptors (Lipinski definition) is 4. The minimum Gasteiger partial charge on any atom is -0.396 e. The van der Waals surface area contributed by atoms with Crippen molar-refractivity contribution in [3.8, 4) is 0 Å². The summed E-state index contributed by atoms with van der Waals surface area (Å²) in [5.74, 6) is 0.0140. The molecular formula is C11H20N4O2. The van der Waals surface area contributed by atoms with E-state index in [1.807, 2.05) is 13.8 Å². The Morgan fingerprint density at radius 3 is 2.88 bits per heavy atom. The van der Waals surface area contributed by atoms with E-state index in [1.54, 1.807) is 22.9 Å². The first kappa shape index (κ1) is 13.5. The second kappa shape index (κ2) is 6.24. The van der Waals surface area contributed by atoms with E-state index in [9.17, 15) is 4.79 Å². The van der Waals surface area contributed by atoms with Gasteiger partial charge in [0.15, 0.2) is 0 Å². The van der Waals surface area contributed by atoms with Crippen molar-refractivity contribution in [2.45, 2.75) is 26.4 Å². The van der Waals surface area contributed by atoms with Crippen LogP contribution >= 0.6 is 0 Å². The van der Waals surface area contributed by atoms with E-state index >= 15 is 0 Å². The largest absolute Gasteiger partial charge is 0.396 e. The van der Waals surface area contributed by atoms with Crippen molar-refractivity contribution in [1.29, 1.82) is 0 Å². The van der Waals surface area contributed by atoms with Crippen LogP contribution in [0.3, 0.4) is 0 Å². The number of carbonyl (C=O) groups is 1. The van der Waals surface area contributed by atoms with E-state index in [0.717, 1.165) is 0 Å². The van der Waals surface area contributed by atoms with E-state index in [1.165, 1.54) is 6.20 Å². The maximum atomic E-state index is 12.0. The van der Waals surface area contributed by atoms with Gasteiger partial charge in [-0.15, -0.1) is 0 Å². The van der Waals surface area contributed by atoms with Gasteiger partial charge in [-0.1, -0.05) is 0 Å². The highest BCUT2D eigenvalue weighted by Crippen LogP contribution is 2.03. The van der Waals surface area contributed by atoms with Gasteiger partial charge in [0.2, 0.25) is 5.91 Å². The Balaban J connectivity index is 2.60. The molecule has 1 atom stereocenters. The SMILES string of the molecule is CCN(C(=O)Cn1cc(N)cn1)C(C)COC. The zero-order valence-corrected chi connectivity index (χ0v) is 10.6. The summed E-state index contributed by atoms with van der Waals surface area (Å²) in [4.78, 5) is 13.8. The quantitative estimate of drug-likeness (QED) is 0.778. The van der Waals surface area contributed by atoms with Crippen LogP contribution in [0.15, 0.2) is 12.4 Å². The van der Waals surface area contributed by atoms with Crippen LogP contribution in [0.5, 0.6) is 0 Å². The predicted octanol–water partition coefficient (Wildman–Crippen LogP) is 0.349. The van der Waals surface area contributed by atoms with Gasteiger partial charge in [-0.2, -0.15) is 5.10 Å². The minimum atomic E-state index is 0.0140. The lowest BCUT2D eigenvalue weighted by molar-refractivity contribution is -0.134. The molecule has 1 heterocycles. The van der Waals surface area contributed by atoms with Gasteiger partial charge in [0.25, 0.3) is 0 Å². The fourth-order valence-electron chi connectivity index (χ4n) is 1.76. The molecule has 1 amide bonds. The summed E-state index contributed by atoms with van der Waals surface area (Å²) in [5.41, 5.74) is 6.10. The van der Waals surface area contributed by atoms with Crippen molar-refractivity contribution in [2.24, 2.45) is 0 Å². The van der Waals surface area contributed by atoms with Gasteiger partial charge in [0.1, 0.15) is 6.54 Å². The number of nitrogens with zero attached hydrogens (tertiary/aromatic N) is 3. The third-order valence-electron chi connectivity index (χ3n) is 2.55. The maximum absolute atomic E-state index is 12.0. The average molecular weight is 240 g/mol. The van der Waals surface area contributed by atoms with E-state index < -0.39 is 0 Å². The van der Waals surface area contributed by atoms with Gasteiger partial charge in [-0.3, -0.25) is 9.48 Å². The van der Waals surface area contributed by atoms with Gasteiger partial charge < -0.3 is 15.4 Å². The van der Waals surface area contributed by atoms with Crippen LogP contribution in [0, 0.1) is 0 Å². The molecule has 1 aromatic rings. The van der Waals surface area contributed by atoms with E-state index in [0.29, 0.717) is 18.8 Å². The van der Waals surface area contributed by atoms with Crippen LogP contribution in [0.2, 0.25) is 0 Å². The van der Waals surface area contributed by atoms with Gasteiger partial charge in [0, 0.05) is 19.9 Å². The lowest BCUT2D eigenvalue weighted by atomic mass is 10.3. The second-order valence-corrected chi connectivity index (χ2v) is 3.96. The third-order valence-corrected chi connectivity index (χ3v) is 2.55. The molecule has 6 nitrogen and oxygen atoms in total. The highest BCUT2D eigenvalue weighted by molar-refractivity contribution is 5.76. The molecule has 17 heavy (non-hydrogen) atoms. The molecule has 6 heteroatoms. The Hall–Kier alpha value is -1.56. The first-order chi connectivity index (χ1) is 8.08. The topological polar surface area (TPSA) is 73.4 Å². The molecule has 1 unspecified atom stereocenters. The number of ether oxygens (including phenoxy) is 1. The lowest BCUT2D eigenvalue weighted by Gasteiger charge is -2.27. The third kappa shape index (κ3) is 3.74. The number of anilines is 1. The number of rotatable bonds is 6. The molecule has 0 aliphatic rings. The molecule has 0 fully saturated rings. The first-order valence-corrected chi connectivity index (χ1v) is 5.64. The van der Waals surface area contributed by atoms with Crippen LogP contribution in [0.25, 0.3) is 0 Å². The van der Waals surface area contributed by atoms with Crippen LogP contribution in [0.4, 0.5) is 5.69 Å². The summed E-state index contributed by atoms with van der Waals surface area (Å²) in [5, 5.41) is 3.99. The summed E-state index contributed by atoms with van der Waals surface area (Å²) in [7, 11) is 1.63. The molecular weight excluding hydrogens is 220 g/mol. The molecule has 96 valence electrons. The molecule has 0 radical (unpaired) electrons. The fourth-order valence-corrected chi connectivity index (χ4v) is 1.76. The summed E-state index contributed by atoms with van der Waals surface area (Å²) in [6.07, 6.45) is 3.18. The van der Waals surface area contributed by atoms with Crippen molar-refractivity contribution in [3.05, 3.63) is 12.4 Å². The summed E-state index contributed by atoms with van der Waals surface area (Å²) < 4.78 is 6.60. The van der Waals surface area contributed by atoms with Crippen molar-refractivity contribution >= 4 is 11.6 Å². The van der Waals surface area contributed by atoms with Crippen molar-refractivity contribution in [1.82, 2.24) is 14.7 Å². The molecule has 0 saturated heterocycles. The summed E-state index contributed by atoms with van der Waals surface area (Å²) in [6, 6.07) is 0.0606. The highest BCUT2D eigenvalue weighted by Gasteiger charge is 2.18. The van der Waals surface area contributed by atoms with Gasteiger partial charge in [0.05, 0.1) is 24.5 Å². The number of nitrogens with two attached hydrogens (primary N) is 1. The van der Waals surface area contributed by atoms with E-state index in [4.69, 9.17) is 10.5 Å². The monoisotopic (exact) mass is 240 g/mol. The van der Waals surface area contributed by atoms with Crippen LogP contribution < -0.4 is 5.73 Å². The Morgan fingerprint density at radius 1 is 1.71 bits per heavy atom. The average Bonchev–Trinajstić information content (AvgIpc) is 2.65. The molecule has 1 aromatic heterocycles. The fraction of sp³-hybridized carbons (Fsp3) is 0.636. The van der Waals surface area contributed by atoms with Gasteiger partial charge in [-0.25, -0.2) is 0 Å². The van der Waals surface area contributed by atoms with Crippen LogP contribution in [0.1, 0.15) is 13.8 Å². The predicted molar refractivity (Wildman–Crippen MR) is 65.4 cm³/mol. The van der Waals surface area contributed by atoms with Crippen molar-refractivity contribution in [3.63, 3.8) is 0 Å². The van der Waals surface area contributed by atoms with Crippen LogP contribution in [-0.2, 0) is 16.1 Å². The van der Waals surface area contributed by atoms with E-state index in [2.05, 4.69) is 5.10 Å². The number of hydrogen-bond donors (Lipinski definition) is 1. The maximum Gasteiger partial charge on any atom is 0.244 e. The number of likely N-dealkylation sites (N-methyl/N-ethyl adjacent to an activating group) is 1. The number of nitrogen functional groups attached to an aromatic ring is 1. The Kier molecular flexibility index (Phi) is 4.96. The standard InChI is InChI=1S/C11H20N4O2/c1-4-15(9(2)8-17-3)11(16)7-14-6-10(12)5-13-14/h5-6,9H,4,7-8,12H2,1-3H3. The van der Waals surface area contributed by atoms with Gasteiger partial charge >= 0.3 is 0 Å². The Bertz CT molecular complexity index is 364. The Labute approximate surface area is 101 Å². The molecule has 1 rings (SSSR count). The van der Waals surface area contributed by atoms with Crippen molar-refractivity contribution < 1.29 is 9.53 Å². The smallest absolute Gasteiger partial charge is 0.244 e. The molecule has 0 spiro atoms. The molecule has 0 saturated carbocycles. The first-order valence-electron chi connectivity index (χ1n) is 5.64. The lowest BCUT2D eigenvalue weighted by Crippen LogP contribution is -2.42. The number of methoxy groups -OCH3 is 1. The zero-order valence-electron chi connectivity index (χ0n) is 10.6. The van der Waals surface area contributed by atoms with Crippen molar-refractivity contribution in [2.75, 3.05) is 26.0 Å². The number of amides is 1. The molecule has 0 aliphatic carbocycles. The number of aromatic nitrogens is 2. The van der Waals surface area contributed by atoms with Crippen LogP contribution in [-0.4, -0.2) is 46.9 Å². The molecule has 2 N–H and O–H groups in total. The summed E-state index contributed by atoms with van der Waals surface area (Å²) in [6.45, 7) is 5.30. The van der Waals surface area contributed by atoms with Gasteiger partial charge in [-0.05, 0) is 13.8 Å². The Morgan fingerprint density at radius 2 is 2.41 bits per heavy atom. The second-order valence-electron chi connectivity index (χ2n) is 3.96. The zero-order chi connectivity index (χ0) is 12.8. The molecule has 0 bridgehead atoms. The van der Waals surface area contributed by atoms with E-state index in [-0.39, 0.29) is 18.5 Å². The highest BCUT2D eigenvalue weighted by atomic mass is 16.5.